The molecule has 1 N–H and O–H groups in total. The summed E-state index contributed by atoms with van der Waals surface area (Å²) in [5.41, 5.74) is 0. The minimum absolute atomic E-state index is 0.118. The fourth-order valence-electron chi connectivity index (χ4n) is 2.21. The number of esters is 1. The number of hydrogen-bond donors (Lipinski definition) is 1. The molecular formula is C15H23NO3. The Morgan fingerprint density at radius 2 is 2.32 bits per heavy atom. The van der Waals surface area contributed by atoms with Gasteiger partial charge in [0.2, 0.25) is 0 Å². The quantitative estimate of drug-likeness (QED) is 0.580. The highest BCUT2D eigenvalue weighted by Gasteiger charge is 2.36. The molecule has 19 heavy (non-hydrogen) atoms. The lowest BCUT2D eigenvalue weighted by Crippen LogP contribution is -2.16. The first kappa shape index (κ1) is 14.1. The van der Waals surface area contributed by atoms with Gasteiger partial charge in [0.1, 0.15) is 11.5 Å². The van der Waals surface area contributed by atoms with Crippen molar-refractivity contribution < 1.29 is 13.9 Å². The van der Waals surface area contributed by atoms with E-state index >= 15 is 0 Å². The zero-order valence-electron chi connectivity index (χ0n) is 11.8. The Hall–Kier alpha value is -1.29. The van der Waals surface area contributed by atoms with Crippen molar-refractivity contribution in [2.75, 3.05) is 13.2 Å². The van der Waals surface area contributed by atoms with Crippen LogP contribution in [0.1, 0.15) is 50.5 Å². The van der Waals surface area contributed by atoms with E-state index in [1.807, 2.05) is 13.0 Å². The van der Waals surface area contributed by atoms with E-state index in [0.717, 1.165) is 36.9 Å². The van der Waals surface area contributed by atoms with E-state index in [1.165, 1.54) is 6.42 Å². The predicted octanol–water partition coefficient (Wildman–Crippen LogP) is 2.84. The van der Waals surface area contributed by atoms with Crippen LogP contribution in [0.3, 0.4) is 0 Å². The van der Waals surface area contributed by atoms with Gasteiger partial charge in [0.05, 0.1) is 13.2 Å². The van der Waals surface area contributed by atoms with Crippen molar-refractivity contribution >= 4 is 5.97 Å². The van der Waals surface area contributed by atoms with Crippen LogP contribution in [0.25, 0.3) is 0 Å². The molecule has 1 aromatic rings. The molecule has 2 atom stereocenters. The second-order valence-electron chi connectivity index (χ2n) is 5.21. The highest BCUT2D eigenvalue weighted by atomic mass is 16.5. The van der Waals surface area contributed by atoms with Crippen molar-refractivity contribution in [1.82, 2.24) is 5.32 Å². The average Bonchev–Trinajstić information content (AvgIpc) is 2.92. The van der Waals surface area contributed by atoms with Gasteiger partial charge in [-0.3, -0.25) is 4.79 Å². The van der Waals surface area contributed by atoms with Gasteiger partial charge in [0.15, 0.2) is 0 Å². The van der Waals surface area contributed by atoms with Gasteiger partial charge in [0.25, 0.3) is 0 Å². The van der Waals surface area contributed by atoms with Gasteiger partial charge in [-0.2, -0.15) is 0 Å². The monoisotopic (exact) mass is 265 g/mol. The molecule has 1 aliphatic carbocycles. The zero-order chi connectivity index (χ0) is 13.7. The SMILES string of the molecule is CCOC(=O)CCCNCc1ccc(C2CC2C)o1. The van der Waals surface area contributed by atoms with E-state index in [2.05, 4.69) is 18.3 Å². The molecule has 0 bridgehead atoms. The molecule has 1 aliphatic rings. The topological polar surface area (TPSA) is 51.5 Å². The number of rotatable bonds is 8. The van der Waals surface area contributed by atoms with Crippen molar-refractivity contribution in [2.24, 2.45) is 5.92 Å². The molecule has 0 saturated heterocycles. The van der Waals surface area contributed by atoms with Crippen LogP contribution in [0.4, 0.5) is 0 Å². The normalized spacial score (nSPS) is 21.4. The highest BCUT2D eigenvalue weighted by molar-refractivity contribution is 5.69. The van der Waals surface area contributed by atoms with E-state index in [4.69, 9.17) is 9.15 Å². The summed E-state index contributed by atoms with van der Waals surface area (Å²) in [7, 11) is 0. The van der Waals surface area contributed by atoms with Crippen LogP contribution in [0.2, 0.25) is 0 Å². The van der Waals surface area contributed by atoms with Crippen LogP contribution in [-0.4, -0.2) is 19.1 Å². The largest absolute Gasteiger partial charge is 0.466 e. The molecule has 0 radical (unpaired) electrons. The van der Waals surface area contributed by atoms with Crippen LogP contribution in [0, 0.1) is 5.92 Å². The third kappa shape index (κ3) is 4.39. The van der Waals surface area contributed by atoms with Crippen molar-refractivity contribution in [3.8, 4) is 0 Å². The second-order valence-corrected chi connectivity index (χ2v) is 5.21. The fraction of sp³-hybridized carbons (Fsp3) is 0.667. The maximum Gasteiger partial charge on any atom is 0.305 e. The van der Waals surface area contributed by atoms with Gasteiger partial charge >= 0.3 is 5.97 Å². The van der Waals surface area contributed by atoms with E-state index in [9.17, 15) is 4.79 Å². The smallest absolute Gasteiger partial charge is 0.305 e. The van der Waals surface area contributed by atoms with Gasteiger partial charge in [-0.05, 0) is 44.4 Å². The van der Waals surface area contributed by atoms with Crippen LogP contribution in [-0.2, 0) is 16.1 Å². The molecule has 0 amide bonds. The summed E-state index contributed by atoms with van der Waals surface area (Å²) < 4.78 is 10.7. The van der Waals surface area contributed by atoms with Crippen LogP contribution in [0.15, 0.2) is 16.5 Å². The molecular weight excluding hydrogens is 242 g/mol. The summed E-state index contributed by atoms with van der Waals surface area (Å²) in [6.45, 7) is 6.06. The summed E-state index contributed by atoms with van der Waals surface area (Å²) in [6.07, 6.45) is 2.52. The van der Waals surface area contributed by atoms with Crippen LogP contribution in [0.5, 0.6) is 0 Å². The lowest BCUT2D eigenvalue weighted by atomic mass is 10.3. The minimum Gasteiger partial charge on any atom is -0.466 e. The summed E-state index contributed by atoms with van der Waals surface area (Å²) in [5, 5.41) is 3.28. The first-order valence-corrected chi connectivity index (χ1v) is 7.15. The molecule has 1 aromatic heterocycles. The van der Waals surface area contributed by atoms with Crippen LogP contribution >= 0.6 is 0 Å². The summed E-state index contributed by atoms with van der Waals surface area (Å²) in [5.74, 6) is 3.39. The highest BCUT2D eigenvalue weighted by Crippen LogP contribution is 2.47. The van der Waals surface area contributed by atoms with Gasteiger partial charge < -0.3 is 14.5 Å². The Bertz CT molecular complexity index is 413. The number of ether oxygens (including phenoxy) is 1. The first-order valence-electron chi connectivity index (χ1n) is 7.15. The average molecular weight is 265 g/mol. The Kier molecular flexibility index (Phi) is 5.02. The third-order valence-corrected chi connectivity index (χ3v) is 3.50. The summed E-state index contributed by atoms with van der Waals surface area (Å²) in [4.78, 5) is 11.1. The Morgan fingerprint density at radius 3 is 3.00 bits per heavy atom. The van der Waals surface area contributed by atoms with E-state index in [1.54, 1.807) is 0 Å². The molecule has 1 heterocycles. The van der Waals surface area contributed by atoms with E-state index < -0.39 is 0 Å². The Labute approximate surface area is 114 Å². The maximum atomic E-state index is 11.1. The molecule has 4 heteroatoms. The lowest BCUT2D eigenvalue weighted by Gasteiger charge is -2.03. The van der Waals surface area contributed by atoms with E-state index in [-0.39, 0.29) is 5.97 Å². The molecule has 106 valence electrons. The molecule has 1 fully saturated rings. The van der Waals surface area contributed by atoms with Crippen molar-refractivity contribution in [3.05, 3.63) is 23.7 Å². The third-order valence-electron chi connectivity index (χ3n) is 3.50. The molecule has 0 aromatic carbocycles. The fourth-order valence-corrected chi connectivity index (χ4v) is 2.21. The molecule has 1 saturated carbocycles. The Morgan fingerprint density at radius 1 is 1.53 bits per heavy atom. The van der Waals surface area contributed by atoms with Gasteiger partial charge in [-0.15, -0.1) is 0 Å². The maximum absolute atomic E-state index is 11.1. The number of carbonyl (C=O) groups excluding carboxylic acids is 1. The predicted molar refractivity (Wildman–Crippen MR) is 72.8 cm³/mol. The molecule has 2 unspecified atom stereocenters. The number of hydrogen-bond acceptors (Lipinski definition) is 4. The molecule has 2 rings (SSSR count). The zero-order valence-corrected chi connectivity index (χ0v) is 11.8. The van der Waals surface area contributed by atoms with Crippen LogP contribution < -0.4 is 5.32 Å². The standard InChI is InChI=1S/C15H23NO3/c1-3-18-15(17)5-4-8-16-10-12-6-7-14(19-12)13-9-11(13)2/h6-7,11,13,16H,3-5,8-10H2,1-2H3. The number of carbonyl (C=O) groups is 1. The van der Waals surface area contributed by atoms with Crippen molar-refractivity contribution in [2.45, 2.75) is 45.6 Å². The second kappa shape index (κ2) is 6.75. The van der Waals surface area contributed by atoms with Gasteiger partial charge in [-0.25, -0.2) is 0 Å². The molecule has 4 nitrogen and oxygen atoms in total. The van der Waals surface area contributed by atoms with Gasteiger partial charge in [0, 0.05) is 12.3 Å². The van der Waals surface area contributed by atoms with E-state index in [0.29, 0.717) is 18.9 Å². The first-order chi connectivity index (χ1) is 9.20. The van der Waals surface area contributed by atoms with Crippen molar-refractivity contribution in [3.63, 3.8) is 0 Å². The number of nitrogens with one attached hydrogen (secondary N) is 1. The summed E-state index contributed by atoms with van der Waals surface area (Å²) in [6, 6.07) is 4.13. The molecule has 0 aliphatic heterocycles. The Balaban J connectivity index is 1.58. The molecule has 0 spiro atoms. The van der Waals surface area contributed by atoms with Crippen molar-refractivity contribution in [1.29, 1.82) is 0 Å². The number of furan rings is 1. The minimum atomic E-state index is -0.118. The van der Waals surface area contributed by atoms with Gasteiger partial charge in [-0.1, -0.05) is 6.92 Å². The summed E-state index contributed by atoms with van der Waals surface area (Å²) >= 11 is 0. The lowest BCUT2D eigenvalue weighted by molar-refractivity contribution is -0.143.